The van der Waals surface area contributed by atoms with Crippen molar-refractivity contribution in [3.63, 3.8) is 0 Å². The number of hydrogen-bond donors (Lipinski definition) is 1. The number of likely N-dealkylation sites (tertiary alicyclic amines) is 1. The molecule has 0 bridgehead atoms. The Morgan fingerprint density at radius 2 is 1.80 bits per heavy atom. The molecule has 1 fully saturated rings. The van der Waals surface area contributed by atoms with Gasteiger partial charge in [0.1, 0.15) is 0 Å². The van der Waals surface area contributed by atoms with E-state index in [-0.39, 0.29) is 0 Å². The second-order valence-electron chi connectivity index (χ2n) is 6.88. The van der Waals surface area contributed by atoms with Crippen LogP contribution in [0.1, 0.15) is 37.3 Å². The quantitative estimate of drug-likeness (QED) is 0.671. The van der Waals surface area contributed by atoms with Gasteiger partial charge >= 0.3 is 0 Å². The fourth-order valence-electron chi connectivity index (χ4n) is 3.44. The van der Waals surface area contributed by atoms with E-state index in [9.17, 15) is 0 Å². The van der Waals surface area contributed by atoms with Crippen molar-refractivity contribution in [3.8, 4) is 0 Å². The van der Waals surface area contributed by atoms with Crippen molar-refractivity contribution in [1.29, 1.82) is 0 Å². The average molecular weight is 338 g/mol. The Balaban J connectivity index is 1.49. The number of hydrogen-bond acceptors (Lipinski definition) is 3. The highest BCUT2D eigenvalue weighted by molar-refractivity contribution is 5.42. The van der Waals surface area contributed by atoms with Crippen molar-refractivity contribution >= 4 is 5.69 Å². The summed E-state index contributed by atoms with van der Waals surface area (Å²) in [6, 6.07) is 20.0. The Hall–Kier alpha value is -1.84. The first kappa shape index (κ1) is 18.0. The molecule has 2 aromatic carbocycles. The Kier molecular flexibility index (Phi) is 6.89. The number of benzene rings is 2. The summed E-state index contributed by atoms with van der Waals surface area (Å²) in [5.74, 6) is 0. The van der Waals surface area contributed by atoms with Crippen LogP contribution >= 0.6 is 0 Å². The Labute approximate surface area is 152 Å². The third-order valence-corrected chi connectivity index (χ3v) is 4.84. The lowest BCUT2D eigenvalue weighted by Gasteiger charge is -2.25. The minimum atomic E-state index is 0.618. The maximum Gasteiger partial charge on any atom is 0.0716 e. The fraction of sp³-hybridized carbons (Fsp3) is 0.455. The zero-order valence-electron chi connectivity index (χ0n) is 15.3. The smallest absolute Gasteiger partial charge is 0.0716 e. The average Bonchev–Trinajstić information content (AvgIpc) is 3.09. The first-order chi connectivity index (χ1) is 12.3. The second kappa shape index (κ2) is 9.59. The van der Waals surface area contributed by atoms with E-state index in [0.717, 1.165) is 32.7 Å². The van der Waals surface area contributed by atoms with Crippen LogP contribution in [0, 0.1) is 0 Å². The standard InChI is InChI=1S/C22H30N2O/c1-2-15-25-18-20-12-10-19(11-13-20)17-24-14-6-9-22(24)16-23-21-7-4-3-5-8-21/h3-5,7-8,10-13,22-23H,2,6,9,14-18H2,1H3/t22-/m0/s1. The predicted octanol–water partition coefficient (Wildman–Crippen LogP) is 4.69. The molecule has 0 saturated carbocycles. The molecule has 1 N–H and O–H groups in total. The van der Waals surface area contributed by atoms with Crippen molar-refractivity contribution in [2.45, 2.75) is 45.4 Å². The molecule has 0 spiro atoms. The summed E-state index contributed by atoms with van der Waals surface area (Å²) in [4.78, 5) is 2.61. The molecule has 3 nitrogen and oxygen atoms in total. The summed E-state index contributed by atoms with van der Waals surface area (Å²) in [5, 5.41) is 3.58. The molecule has 0 aliphatic carbocycles. The van der Waals surface area contributed by atoms with Crippen LogP contribution in [0.25, 0.3) is 0 Å². The third kappa shape index (κ3) is 5.58. The van der Waals surface area contributed by atoms with Crippen LogP contribution in [-0.2, 0) is 17.9 Å². The van der Waals surface area contributed by atoms with E-state index in [4.69, 9.17) is 4.74 Å². The summed E-state index contributed by atoms with van der Waals surface area (Å²) in [6.07, 6.45) is 3.65. The van der Waals surface area contributed by atoms with Crippen LogP contribution < -0.4 is 5.32 Å². The molecule has 1 heterocycles. The van der Waals surface area contributed by atoms with E-state index >= 15 is 0 Å². The molecule has 0 unspecified atom stereocenters. The first-order valence-electron chi connectivity index (χ1n) is 9.53. The van der Waals surface area contributed by atoms with Crippen LogP contribution in [-0.4, -0.2) is 30.6 Å². The molecule has 3 rings (SSSR count). The van der Waals surface area contributed by atoms with Crippen LogP contribution in [0.4, 0.5) is 5.69 Å². The van der Waals surface area contributed by atoms with Crippen molar-refractivity contribution < 1.29 is 4.74 Å². The van der Waals surface area contributed by atoms with Gasteiger partial charge in [0.2, 0.25) is 0 Å². The molecule has 0 radical (unpaired) electrons. The molecule has 2 aromatic rings. The third-order valence-electron chi connectivity index (χ3n) is 4.84. The number of ether oxygens (including phenoxy) is 1. The monoisotopic (exact) mass is 338 g/mol. The van der Waals surface area contributed by atoms with Crippen LogP contribution in [0.5, 0.6) is 0 Å². The van der Waals surface area contributed by atoms with Gasteiger partial charge in [0.05, 0.1) is 6.61 Å². The van der Waals surface area contributed by atoms with Crippen molar-refractivity contribution in [2.24, 2.45) is 0 Å². The molecular weight excluding hydrogens is 308 g/mol. The van der Waals surface area contributed by atoms with Gasteiger partial charge in [0.15, 0.2) is 0 Å². The molecule has 1 saturated heterocycles. The lowest BCUT2D eigenvalue weighted by Crippen LogP contribution is -2.34. The van der Waals surface area contributed by atoms with Gasteiger partial charge in [-0.1, -0.05) is 49.4 Å². The summed E-state index contributed by atoms with van der Waals surface area (Å²) in [6.45, 7) is 6.96. The van der Waals surface area contributed by atoms with Crippen molar-refractivity contribution in [3.05, 3.63) is 65.7 Å². The Morgan fingerprint density at radius 3 is 2.56 bits per heavy atom. The van der Waals surface area contributed by atoms with Crippen molar-refractivity contribution in [2.75, 3.05) is 25.0 Å². The van der Waals surface area contributed by atoms with E-state index in [0.29, 0.717) is 6.04 Å². The predicted molar refractivity (Wildman–Crippen MR) is 105 cm³/mol. The fourth-order valence-corrected chi connectivity index (χ4v) is 3.44. The summed E-state index contributed by atoms with van der Waals surface area (Å²) >= 11 is 0. The molecule has 3 heteroatoms. The van der Waals surface area contributed by atoms with E-state index in [1.807, 2.05) is 0 Å². The van der Waals surface area contributed by atoms with E-state index in [1.165, 1.54) is 36.2 Å². The Morgan fingerprint density at radius 1 is 1.04 bits per heavy atom. The summed E-state index contributed by atoms with van der Waals surface area (Å²) < 4.78 is 5.61. The second-order valence-corrected chi connectivity index (χ2v) is 6.88. The molecule has 1 aliphatic heterocycles. The molecule has 0 aromatic heterocycles. The zero-order valence-corrected chi connectivity index (χ0v) is 15.3. The van der Waals surface area contributed by atoms with Crippen molar-refractivity contribution in [1.82, 2.24) is 4.90 Å². The van der Waals surface area contributed by atoms with Crippen LogP contribution in [0.2, 0.25) is 0 Å². The normalized spacial score (nSPS) is 17.7. The maximum absolute atomic E-state index is 5.61. The van der Waals surface area contributed by atoms with Gasteiger partial charge < -0.3 is 10.1 Å². The van der Waals surface area contributed by atoms with Gasteiger partial charge in [-0.2, -0.15) is 0 Å². The summed E-state index contributed by atoms with van der Waals surface area (Å²) in [5.41, 5.74) is 3.87. The summed E-state index contributed by atoms with van der Waals surface area (Å²) in [7, 11) is 0. The number of anilines is 1. The molecule has 1 aliphatic rings. The van der Waals surface area contributed by atoms with Crippen LogP contribution in [0.15, 0.2) is 54.6 Å². The maximum atomic E-state index is 5.61. The van der Waals surface area contributed by atoms with E-state index in [2.05, 4.69) is 71.7 Å². The van der Waals surface area contributed by atoms with Gasteiger partial charge in [-0.05, 0) is 49.1 Å². The SMILES string of the molecule is CCCOCc1ccc(CN2CCC[C@H]2CNc2ccccc2)cc1. The topological polar surface area (TPSA) is 24.5 Å². The van der Waals surface area contributed by atoms with Gasteiger partial charge in [-0.3, -0.25) is 4.90 Å². The van der Waals surface area contributed by atoms with Gasteiger partial charge in [-0.25, -0.2) is 0 Å². The minimum Gasteiger partial charge on any atom is -0.383 e. The largest absolute Gasteiger partial charge is 0.383 e. The molecule has 0 amide bonds. The highest BCUT2D eigenvalue weighted by atomic mass is 16.5. The zero-order chi connectivity index (χ0) is 17.3. The molecular formula is C22H30N2O. The number of para-hydroxylation sites is 1. The molecule has 25 heavy (non-hydrogen) atoms. The Bertz CT molecular complexity index is 612. The lowest BCUT2D eigenvalue weighted by molar-refractivity contribution is 0.121. The van der Waals surface area contributed by atoms with E-state index < -0.39 is 0 Å². The number of rotatable bonds is 9. The van der Waals surface area contributed by atoms with Gasteiger partial charge in [0.25, 0.3) is 0 Å². The first-order valence-corrected chi connectivity index (χ1v) is 9.53. The molecule has 134 valence electrons. The minimum absolute atomic E-state index is 0.618. The van der Waals surface area contributed by atoms with E-state index in [1.54, 1.807) is 0 Å². The van der Waals surface area contributed by atoms with Crippen LogP contribution in [0.3, 0.4) is 0 Å². The van der Waals surface area contributed by atoms with Gasteiger partial charge in [-0.15, -0.1) is 0 Å². The highest BCUT2D eigenvalue weighted by Crippen LogP contribution is 2.21. The number of nitrogens with zero attached hydrogens (tertiary/aromatic N) is 1. The highest BCUT2D eigenvalue weighted by Gasteiger charge is 2.24. The lowest BCUT2D eigenvalue weighted by atomic mass is 10.1. The van der Waals surface area contributed by atoms with Gasteiger partial charge in [0, 0.05) is 31.4 Å². The number of nitrogens with one attached hydrogen (secondary N) is 1. The molecule has 1 atom stereocenters.